The molecule has 0 aliphatic carbocycles. The standard InChI is InChI=1S/C26H24N2O2S/c1-18-14-19(2)26(20(3)15-18)28-31(29,30)25-12-10-24(11-13-25)27-17-21-8-9-22-6-4-5-7-23(22)16-21/h4-17,28H,1-3H3. The summed E-state index contributed by atoms with van der Waals surface area (Å²) >= 11 is 0. The minimum atomic E-state index is -3.68. The summed E-state index contributed by atoms with van der Waals surface area (Å²) in [5.74, 6) is 0. The molecule has 0 fully saturated rings. The lowest BCUT2D eigenvalue weighted by Gasteiger charge is -2.14. The largest absolute Gasteiger partial charge is 0.279 e. The van der Waals surface area contributed by atoms with E-state index in [0.29, 0.717) is 11.4 Å². The first-order valence-electron chi connectivity index (χ1n) is 10.1. The van der Waals surface area contributed by atoms with Crippen molar-refractivity contribution in [1.29, 1.82) is 0 Å². The lowest BCUT2D eigenvalue weighted by molar-refractivity contribution is 0.601. The third-order valence-corrected chi connectivity index (χ3v) is 6.56. The fraction of sp³-hybridized carbons (Fsp3) is 0.115. The summed E-state index contributed by atoms with van der Waals surface area (Å²) in [4.78, 5) is 4.69. The summed E-state index contributed by atoms with van der Waals surface area (Å²) in [6.45, 7) is 5.81. The van der Waals surface area contributed by atoms with Gasteiger partial charge < -0.3 is 0 Å². The first kappa shape index (κ1) is 20.8. The van der Waals surface area contributed by atoms with Crippen LogP contribution in [0.25, 0.3) is 10.8 Å². The Bertz CT molecular complexity index is 1370. The van der Waals surface area contributed by atoms with Gasteiger partial charge in [0.05, 0.1) is 16.3 Å². The average Bonchev–Trinajstić information content (AvgIpc) is 2.75. The number of nitrogens with zero attached hydrogens (tertiary/aromatic N) is 1. The Morgan fingerprint density at radius 3 is 2.10 bits per heavy atom. The lowest BCUT2D eigenvalue weighted by Crippen LogP contribution is -2.14. The molecule has 0 aromatic heterocycles. The van der Waals surface area contributed by atoms with Crippen LogP contribution >= 0.6 is 0 Å². The van der Waals surface area contributed by atoms with Crippen LogP contribution in [0.3, 0.4) is 0 Å². The maximum absolute atomic E-state index is 12.9. The van der Waals surface area contributed by atoms with Gasteiger partial charge in [-0.25, -0.2) is 8.42 Å². The molecular weight excluding hydrogens is 404 g/mol. The van der Waals surface area contributed by atoms with Gasteiger partial charge in [0.15, 0.2) is 0 Å². The van der Waals surface area contributed by atoms with E-state index in [1.807, 2.05) is 51.1 Å². The summed E-state index contributed by atoms with van der Waals surface area (Å²) in [6, 6.07) is 24.8. The van der Waals surface area contributed by atoms with E-state index < -0.39 is 10.0 Å². The Balaban J connectivity index is 1.53. The van der Waals surface area contributed by atoms with Gasteiger partial charge in [-0.1, -0.05) is 54.1 Å². The summed E-state index contributed by atoms with van der Waals surface area (Å²) in [5, 5.41) is 2.33. The van der Waals surface area contributed by atoms with Gasteiger partial charge in [-0.3, -0.25) is 9.71 Å². The van der Waals surface area contributed by atoms with E-state index in [1.165, 1.54) is 5.39 Å². The van der Waals surface area contributed by atoms with Crippen LogP contribution in [0.1, 0.15) is 22.3 Å². The van der Waals surface area contributed by atoms with Crippen LogP contribution < -0.4 is 4.72 Å². The van der Waals surface area contributed by atoms with Crippen LogP contribution in [-0.2, 0) is 10.0 Å². The number of nitrogens with one attached hydrogen (secondary N) is 1. The van der Waals surface area contributed by atoms with Gasteiger partial charge in [-0.15, -0.1) is 0 Å². The van der Waals surface area contributed by atoms with Crippen molar-refractivity contribution in [1.82, 2.24) is 0 Å². The number of hydrogen-bond acceptors (Lipinski definition) is 3. The zero-order chi connectivity index (χ0) is 22.0. The van der Waals surface area contributed by atoms with Gasteiger partial charge in [0.25, 0.3) is 10.0 Å². The maximum Gasteiger partial charge on any atom is 0.261 e. The summed E-state index contributed by atoms with van der Waals surface area (Å²) < 4.78 is 28.4. The molecule has 0 radical (unpaired) electrons. The number of rotatable bonds is 5. The van der Waals surface area contributed by atoms with Gasteiger partial charge in [0.2, 0.25) is 0 Å². The predicted octanol–water partition coefficient (Wildman–Crippen LogP) is 6.32. The Morgan fingerprint density at radius 1 is 0.774 bits per heavy atom. The molecule has 0 aliphatic rings. The van der Waals surface area contributed by atoms with Gasteiger partial charge >= 0.3 is 0 Å². The van der Waals surface area contributed by atoms with Crippen LogP contribution in [0.5, 0.6) is 0 Å². The van der Waals surface area contributed by atoms with Crippen LogP contribution in [-0.4, -0.2) is 14.6 Å². The molecule has 1 N–H and O–H groups in total. The molecule has 4 rings (SSSR count). The number of anilines is 1. The first-order valence-corrected chi connectivity index (χ1v) is 11.5. The molecule has 0 atom stereocenters. The van der Waals surface area contributed by atoms with Gasteiger partial charge in [-0.05, 0) is 78.6 Å². The number of aliphatic imine (C=N–C) groups is 1. The maximum atomic E-state index is 12.9. The quantitative estimate of drug-likeness (QED) is 0.378. The SMILES string of the molecule is Cc1cc(C)c(NS(=O)(=O)c2ccc(N=Cc3ccc4ccccc4c3)cc2)c(C)c1. The minimum absolute atomic E-state index is 0.205. The zero-order valence-corrected chi connectivity index (χ0v) is 18.6. The van der Waals surface area contributed by atoms with Crippen molar-refractivity contribution in [3.63, 3.8) is 0 Å². The van der Waals surface area contributed by atoms with E-state index in [1.54, 1.807) is 30.5 Å². The van der Waals surface area contributed by atoms with Crippen molar-refractivity contribution < 1.29 is 8.42 Å². The molecule has 0 saturated heterocycles. The van der Waals surface area contributed by atoms with E-state index in [-0.39, 0.29) is 4.90 Å². The number of aryl methyl sites for hydroxylation is 3. The highest BCUT2D eigenvalue weighted by atomic mass is 32.2. The molecule has 0 amide bonds. The fourth-order valence-electron chi connectivity index (χ4n) is 3.68. The van der Waals surface area contributed by atoms with Crippen molar-refractivity contribution >= 4 is 38.4 Å². The Morgan fingerprint density at radius 2 is 1.42 bits per heavy atom. The minimum Gasteiger partial charge on any atom is -0.279 e. The van der Waals surface area contributed by atoms with Crippen LogP contribution in [0.2, 0.25) is 0 Å². The number of benzene rings is 4. The summed E-state index contributed by atoms with van der Waals surface area (Å²) in [6.07, 6.45) is 1.78. The normalized spacial score (nSPS) is 11.8. The second-order valence-electron chi connectivity index (χ2n) is 7.74. The van der Waals surface area contributed by atoms with Crippen molar-refractivity contribution in [3.05, 3.63) is 101 Å². The zero-order valence-electron chi connectivity index (χ0n) is 17.8. The molecule has 0 heterocycles. The van der Waals surface area contributed by atoms with E-state index in [4.69, 9.17) is 0 Å². The smallest absolute Gasteiger partial charge is 0.261 e. The topological polar surface area (TPSA) is 58.5 Å². The van der Waals surface area contributed by atoms with Crippen LogP contribution in [0.15, 0.2) is 88.8 Å². The van der Waals surface area contributed by atoms with E-state index in [0.717, 1.165) is 27.6 Å². The highest BCUT2D eigenvalue weighted by molar-refractivity contribution is 7.92. The van der Waals surface area contributed by atoms with Crippen molar-refractivity contribution in [2.24, 2.45) is 4.99 Å². The van der Waals surface area contributed by atoms with Crippen molar-refractivity contribution in [2.45, 2.75) is 25.7 Å². The fourth-order valence-corrected chi connectivity index (χ4v) is 4.89. The number of hydrogen-bond donors (Lipinski definition) is 1. The lowest BCUT2D eigenvalue weighted by atomic mass is 10.1. The monoisotopic (exact) mass is 428 g/mol. The molecule has 4 nitrogen and oxygen atoms in total. The van der Waals surface area contributed by atoms with Crippen molar-refractivity contribution in [3.8, 4) is 0 Å². The molecule has 0 saturated carbocycles. The second-order valence-corrected chi connectivity index (χ2v) is 9.42. The molecule has 4 aromatic carbocycles. The van der Waals surface area contributed by atoms with E-state index in [9.17, 15) is 8.42 Å². The molecule has 0 spiro atoms. The summed E-state index contributed by atoms with van der Waals surface area (Å²) in [5.41, 5.74) is 5.21. The van der Waals surface area contributed by atoms with E-state index >= 15 is 0 Å². The molecule has 156 valence electrons. The van der Waals surface area contributed by atoms with Crippen LogP contribution in [0, 0.1) is 20.8 Å². The van der Waals surface area contributed by atoms with Crippen LogP contribution in [0.4, 0.5) is 11.4 Å². The first-order chi connectivity index (χ1) is 14.8. The molecule has 5 heteroatoms. The highest BCUT2D eigenvalue weighted by Crippen LogP contribution is 2.26. The second kappa shape index (κ2) is 8.36. The third kappa shape index (κ3) is 4.67. The van der Waals surface area contributed by atoms with Crippen molar-refractivity contribution in [2.75, 3.05) is 4.72 Å². The molecule has 0 bridgehead atoms. The molecule has 31 heavy (non-hydrogen) atoms. The number of fused-ring (bicyclic) bond motifs is 1. The van der Waals surface area contributed by atoms with Gasteiger partial charge in [0.1, 0.15) is 0 Å². The Hall–Kier alpha value is -3.44. The Kier molecular flexibility index (Phi) is 5.61. The van der Waals surface area contributed by atoms with E-state index in [2.05, 4.69) is 34.0 Å². The molecule has 4 aromatic rings. The van der Waals surface area contributed by atoms with Gasteiger partial charge in [0, 0.05) is 6.21 Å². The molecule has 0 unspecified atom stereocenters. The predicted molar refractivity (Wildman–Crippen MR) is 129 cm³/mol. The Labute approximate surface area is 183 Å². The summed E-state index contributed by atoms with van der Waals surface area (Å²) in [7, 11) is -3.68. The highest BCUT2D eigenvalue weighted by Gasteiger charge is 2.16. The third-order valence-electron chi connectivity index (χ3n) is 5.20. The number of sulfonamides is 1. The average molecular weight is 429 g/mol. The molecule has 0 aliphatic heterocycles. The van der Waals surface area contributed by atoms with Gasteiger partial charge in [-0.2, -0.15) is 0 Å². The molecular formula is C26H24N2O2S.